The number of carbonyl (C=O) groups excluding carboxylic acids is 3. The zero-order chi connectivity index (χ0) is 42.1. The quantitative estimate of drug-likeness (QED) is 0.134. The van der Waals surface area contributed by atoms with E-state index in [2.05, 4.69) is 81.9 Å². The van der Waals surface area contributed by atoms with Gasteiger partial charge in [0.1, 0.15) is 18.0 Å². The molecule has 0 bridgehead atoms. The summed E-state index contributed by atoms with van der Waals surface area (Å²) in [5.41, 5.74) is 6.73. The molecule has 3 aromatic heterocycles. The van der Waals surface area contributed by atoms with Crippen molar-refractivity contribution in [3.05, 3.63) is 96.0 Å². The second-order valence-corrected chi connectivity index (χ2v) is 17.1. The fourth-order valence-corrected chi connectivity index (χ4v) is 8.57. The first-order valence-corrected chi connectivity index (χ1v) is 21.3. The first-order valence-electron chi connectivity index (χ1n) is 21.3. The predicted octanol–water partition coefficient (Wildman–Crippen LogP) is 6.00. The van der Waals surface area contributed by atoms with E-state index in [0.717, 1.165) is 105 Å². The summed E-state index contributed by atoms with van der Waals surface area (Å²) >= 11 is 0. The Bertz CT molecular complexity index is 2380. The van der Waals surface area contributed by atoms with Crippen LogP contribution in [-0.4, -0.2) is 100 Å². The average molecular weight is 825 g/mol. The molecule has 316 valence electrons. The van der Waals surface area contributed by atoms with Crippen molar-refractivity contribution in [3.63, 3.8) is 0 Å². The van der Waals surface area contributed by atoms with Crippen LogP contribution in [0.5, 0.6) is 0 Å². The van der Waals surface area contributed by atoms with E-state index in [1.165, 1.54) is 5.69 Å². The average Bonchev–Trinajstić information content (AvgIpc) is 3.81. The molecule has 0 radical (unpaired) electrons. The number of hydrogen-bond donors (Lipinski definition) is 3. The number of carbonyl (C=O) groups is 3. The number of hydrogen-bond acceptors (Lipinski definition) is 13. The van der Waals surface area contributed by atoms with Gasteiger partial charge in [0, 0.05) is 87.2 Å². The van der Waals surface area contributed by atoms with E-state index in [9.17, 15) is 14.4 Å². The van der Waals surface area contributed by atoms with Gasteiger partial charge >= 0.3 is 17.8 Å². The molecule has 4 fully saturated rings. The molecule has 1 saturated carbocycles. The van der Waals surface area contributed by atoms with Crippen LogP contribution in [0.15, 0.2) is 77.7 Å². The van der Waals surface area contributed by atoms with Gasteiger partial charge in [0.05, 0.1) is 23.6 Å². The molecule has 3 N–H and O–H groups in total. The standard InChI is InChI=1S/C45H52N12O4/c1-29-24-32(4-10-36(29)30(2)49-41(59)42-52-43(53-61-42)45(3)15-16-45)37-25-39(48-28-47-37)50-38-11-9-35(26-46-38)56-22-20-54(21-23-56)27-31-12-17-55(18-13-31)33-5-7-34(8-6-33)57-19-14-40(58)51-44(57)60/h4-11,24-26,28,30-31H,12-23,27H2,1-3H3,(H,49,59)(H,51,58,60)(H,46,47,48,50). The van der Waals surface area contributed by atoms with E-state index in [-0.39, 0.29) is 35.2 Å². The van der Waals surface area contributed by atoms with Crippen molar-refractivity contribution in [3.8, 4) is 11.3 Å². The van der Waals surface area contributed by atoms with E-state index < -0.39 is 0 Å². The molecule has 3 saturated heterocycles. The number of benzene rings is 2. The molecule has 3 aliphatic heterocycles. The summed E-state index contributed by atoms with van der Waals surface area (Å²) in [6.45, 7) is 13.6. The summed E-state index contributed by atoms with van der Waals surface area (Å²) in [6.07, 6.45) is 8.11. The van der Waals surface area contributed by atoms with Gasteiger partial charge in [0.2, 0.25) is 5.91 Å². The molecule has 16 nitrogen and oxygen atoms in total. The zero-order valence-corrected chi connectivity index (χ0v) is 34.9. The second kappa shape index (κ2) is 16.9. The van der Waals surface area contributed by atoms with Gasteiger partial charge in [-0.05, 0) is 99.0 Å². The van der Waals surface area contributed by atoms with Gasteiger partial charge in [-0.25, -0.2) is 19.7 Å². The number of piperazine rings is 1. The topological polar surface area (TPSA) is 178 Å². The van der Waals surface area contributed by atoms with Crippen molar-refractivity contribution in [2.45, 2.75) is 64.3 Å². The summed E-state index contributed by atoms with van der Waals surface area (Å²) in [5, 5.41) is 12.7. The maximum absolute atomic E-state index is 12.9. The number of piperidine rings is 1. The molecule has 6 heterocycles. The lowest BCUT2D eigenvalue weighted by atomic mass is 9.95. The van der Waals surface area contributed by atoms with Gasteiger partial charge in [-0.3, -0.25) is 24.7 Å². The monoisotopic (exact) mass is 824 g/mol. The number of urea groups is 1. The van der Waals surface area contributed by atoms with Crippen LogP contribution in [-0.2, 0) is 10.2 Å². The van der Waals surface area contributed by atoms with Crippen LogP contribution in [0.3, 0.4) is 0 Å². The first kappa shape index (κ1) is 40.0. The molecular weight excluding hydrogens is 773 g/mol. The van der Waals surface area contributed by atoms with E-state index in [1.807, 2.05) is 56.4 Å². The highest BCUT2D eigenvalue weighted by Gasteiger charge is 2.44. The Hall–Kier alpha value is -6.42. The molecular formula is C45H52N12O4. The number of nitrogens with one attached hydrogen (secondary N) is 3. The molecule has 1 aliphatic carbocycles. The summed E-state index contributed by atoms with van der Waals surface area (Å²) in [5.74, 6) is 2.00. The van der Waals surface area contributed by atoms with Crippen LogP contribution in [0.2, 0.25) is 0 Å². The van der Waals surface area contributed by atoms with Gasteiger partial charge in [-0.2, -0.15) is 4.98 Å². The normalized spacial score (nSPS) is 18.8. The van der Waals surface area contributed by atoms with Crippen molar-refractivity contribution < 1.29 is 18.9 Å². The highest BCUT2D eigenvalue weighted by molar-refractivity contribution is 6.05. The van der Waals surface area contributed by atoms with Gasteiger partial charge in [-0.15, -0.1) is 0 Å². The molecule has 1 atom stereocenters. The molecule has 61 heavy (non-hydrogen) atoms. The van der Waals surface area contributed by atoms with Gasteiger partial charge in [0.15, 0.2) is 5.82 Å². The van der Waals surface area contributed by atoms with Crippen LogP contribution in [0.4, 0.5) is 33.5 Å². The number of aromatic nitrogens is 5. The molecule has 0 spiro atoms. The Labute approximate surface area is 355 Å². The molecule has 1 unspecified atom stereocenters. The Morgan fingerprint density at radius 3 is 2.31 bits per heavy atom. The largest absolute Gasteiger partial charge is 0.372 e. The third-order valence-electron chi connectivity index (χ3n) is 12.7. The minimum absolute atomic E-state index is 0.0111. The van der Waals surface area contributed by atoms with E-state index in [1.54, 1.807) is 11.2 Å². The van der Waals surface area contributed by atoms with Crippen LogP contribution < -0.4 is 30.7 Å². The Kier molecular flexibility index (Phi) is 11.1. The fourth-order valence-electron chi connectivity index (χ4n) is 8.57. The highest BCUT2D eigenvalue weighted by Crippen LogP contribution is 2.46. The van der Waals surface area contributed by atoms with Crippen LogP contribution >= 0.6 is 0 Å². The van der Waals surface area contributed by atoms with Crippen LogP contribution in [0.25, 0.3) is 11.3 Å². The summed E-state index contributed by atoms with van der Waals surface area (Å²) < 4.78 is 5.26. The van der Waals surface area contributed by atoms with Crippen LogP contribution in [0, 0.1) is 12.8 Å². The molecule has 9 rings (SSSR count). The van der Waals surface area contributed by atoms with Crippen molar-refractivity contribution in [1.82, 2.24) is 40.6 Å². The Morgan fingerprint density at radius 2 is 1.61 bits per heavy atom. The molecule has 2 aromatic carbocycles. The third kappa shape index (κ3) is 9.04. The van der Waals surface area contributed by atoms with Crippen molar-refractivity contribution in [1.29, 1.82) is 0 Å². The predicted molar refractivity (Wildman–Crippen MR) is 232 cm³/mol. The van der Waals surface area contributed by atoms with Gasteiger partial charge in [0.25, 0.3) is 0 Å². The number of imide groups is 1. The minimum atomic E-state index is -0.385. The highest BCUT2D eigenvalue weighted by atomic mass is 16.5. The number of nitrogens with zero attached hydrogens (tertiary/aromatic N) is 9. The SMILES string of the molecule is Cc1cc(-c2cc(Nc3ccc(N4CCN(CC5CCN(c6ccc(N7CCC(=O)NC7=O)cc6)CC5)CC4)cn3)ncn2)ccc1C(C)NC(=O)c1nc(C2(C)CC2)no1. The zero-order valence-electron chi connectivity index (χ0n) is 34.9. The molecule has 16 heteroatoms. The van der Waals surface area contributed by atoms with Crippen molar-refractivity contribution >= 4 is 46.5 Å². The Morgan fingerprint density at radius 1 is 0.869 bits per heavy atom. The van der Waals surface area contributed by atoms with E-state index >= 15 is 0 Å². The van der Waals surface area contributed by atoms with Crippen LogP contribution in [0.1, 0.15) is 79.6 Å². The van der Waals surface area contributed by atoms with Crippen molar-refractivity contribution in [2.75, 3.05) is 72.4 Å². The first-order chi connectivity index (χ1) is 29.6. The molecule has 4 amide bonds. The molecule has 5 aromatic rings. The lowest BCUT2D eigenvalue weighted by molar-refractivity contribution is -0.120. The fraction of sp³-hybridized carbons (Fsp3) is 0.422. The van der Waals surface area contributed by atoms with Gasteiger partial charge in [-0.1, -0.05) is 24.2 Å². The second-order valence-electron chi connectivity index (χ2n) is 17.1. The smallest absolute Gasteiger partial charge is 0.328 e. The number of aryl methyl sites for hydroxylation is 1. The van der Waals surface area contributed by atoms with E-state index in [4.69, 9.17) is 9.51 Å². The lowest BCUT2D eigenvalue weighted by Gasteiger charge is -2.40. The number of amides is 4. The minimum Gasteiger partial charge on any atom is -0.372 e. The lowest BCUT2D eigenvalue weighted by Crippen LogP contribution is -2.49. The third-order valence-corrected chi connectivity index (χ3v) is 12.7. The maximum atomic E-state index is 12.9. The summed E-state index contributed by atoms with van der Waals surface area (Å²) in [6, 6.07) is 19.6. The van der Waals surface area contributed by atoms with E-state index in [0.29, 0.717) is 36.3 Å². The van der Waals surface area contributed by atoms with Crippen molar-refractivity contribution in [2.24, 2.45) is 5.92 Å². The maximum Gasteiger partial charge on any atom is 0.328 e. The summed E-state index contributed by atoms with van der Waals surface area (Å²) in [4.78, 5) is 63.7. The number of pyridine rings is 1. The number of anilines is 5. The molecule has 4 aliphatic rings. The summed E-state index contributed by atoms with van der Waals surface area (Å²) in [7, 11) is 0. The van der Waals surface area contributed by atoms with Gasteiger partial charge < -0.3 is 25.0 Å². The Balaban J connectivity index is 0.722. The number of rotatable bonds is 12.